The highest BCUT2D eigenvalue weighted by atomic mass is 16.6. The molecule has 0 fully saturated rings. The maximum Gasteiger partial charge on any atom is 0.359 e. The number of ether oxygens (including phenoxy) is 2. The Morgan fingerprint density at radius 3 is 2.36 bits per heavy atom. The summed E-state index contributed by atoms with van der Waals surface area (Å²) in [5.74, 6) is -0.646. The van der Waals surface area contributed by atoms with Crippen LogP contribution in [0.1, 0.15) is 6.92 Å². The molecule has 0 aliphatic carbocycles. The zero-order valence-corrected chi connectivity index (χ0v) is 6.71. The van der Waals surface area contributed by atoms with Crippen molar-refractivity contribution < 1.29 is 19.1 Å². The molecular formula is C6H11NO4. The van der Waals surface area contributed by atoms with E-state index in [9.17, 15) is 9.59 Å². The van der Waals surface area contributed by atoms with Gasteiger partial charge in [0.15, 0.2) is 0 Å². The van der Waals surface area contributed by atoms with Crippen molar-refractivity contribution in [3.8, 4) is 0 Å². The highest BCUT2D eigenvalue weighted by Crippen LogP contribution is 2.04. The summed E-state index contributed by atoms with van der Waals surface area (Å²) < 4.78 is 9.09. The first-order chi connectivity index (χ1) is 5.10. The molecule has 0 aromatic rings. The summed E-state index contributed by atoms with van der Waals surface area (Å²) in [6.07, 6.45) is 0.375. The predicted molar refractivity (Wildman–Crippen MR) is 36.6 cm³/mol. The normalized spacial score (nSPS) is 14.8. The van der Waals surface area contributed by atoms with Crippen LogP contribution >= 0.6 is 0 Å². The van der Waals surface area contributed by atoms with E-state index in [1.54, 1.807) is 0 Å². The number of rotatable bonds is 4. The lowest BCUT2D eigenvalue weighted by Gasteiger charge is -2.23. The van der Waals surface area contributed by atoms with Crippen molar-refractivity contribution >= 4 is 12.4 Å². The molecule has 0 aliphatic rings. The van der Waals surface area contributed by atoms with Gasteiger partial charge in [0.05, 0.1) is 7.11 Å². The van der Waals surface area contributed by atoms with Gasteiger partial charge in [-0.15, -0.1) is 0 Å². The van der Waals surface area contributed by atoms with E-state index in [1.165, 1.54) is 21.1 Å². The number of carbonyl (C=O) groups is 2. The summed E-state index contributed by atoms with van der Waals surface area (Å²) in [7, 11) is 2.51. The third-order valence-electron chi connectivity index (χ3n) is 1.32. The van der Waals surface area contributed by atoms with E-state index in [-0.39, 0.29) is 0 Å². The molecule has 0 bridgehead atoms. The minimum Gasteiger partial charge on any atom is -0.465 e. The maximum atomic E-state index is 10.9. The summed E-state index contributed by atoms with van der Waals surface area (Å²) in [6, 6.07) is 0. The highest BCUT2D eigenvalue weighted by molar-refractivity contribution is 5.80. The standard InChI is InChI=1S/C6H11NO4/c1-6(11-3,7-4-8)5(9)10-2/h4H,1-3H3,(H,7,8)/t6-/m1/s1. The monoisotopic (exact) mass is 161 g/mol. The van der Waals surface area contributed by atoms with Crippen LogP contribution in [0.5, 0.6) is 0 Å². The van der Waals surface area contributed by atoms with E-state index in [4.69, 9.17) is 4.74 Å². The lowest BCUT2D eigenvalue weighted by atomic mass is 10.3. The van der Waals surface area contributed by atoms with Crippen molar-refractivity contribution in [1.82, 2.24) is 5.32 Å². The molecular weight excluding hydrogens is 150 g/mol. The quantitative estimate of drug-likeness (QED) is 0.335. The Labute approximate surface area is 64.7 Å². The molecule has 0 spiro atoms. The first kappa shape index (κ1) is 9.90. The third kappa shape index (κ3) is 2.19. The molecule has 0 saturated heterocycles. The molecule has 5 nitrogen and oxygen atoms in total. The Morgan fingerprint density at radius 2 is 2.09 bits per heavy atom. The Hall–Kier alpha value is -1.10. The third-order valence-corrected chi connectivity index (χ3v) is 1.32. The van der Waals surface area contributed by atoms with Gasteiger partial charge in [-0.05, 0) is 6.92 Å². The molecule has 11 heavy (non-hydrogen) atoms. The van der Waals surface area contributed by atoms with Crippen molar-refractivity contribution in [1.29, 1.82) is 0 Å². The molecule has 0 rings (SSSR count). The Balaban J connectivity index is 4.31. The highest BCUT2D eigenvalue weighted by Gasteiger charge is 2.33. The molecule has 0 unspecified atom stereocenters. The van der Waals surface area contributed by atoms with Gasteiger partial charge >= 0.3 is 5.97 Å². The number of methoxy groups -OCH3 is 2. The molecule has 0 heterocycles. The van der Waals surface area contributed by atoms with Crippen LogP contribution in [0, 0.1) is 0 Å². The van der Waals surface area contributed by atoms with Gasteiger partial charge in [0.1, 0.15) is 0 Å². The van der Waals surface area contributed by atoms with Crippen molar-refractivity contribution in [2.45, 2.75) is 12.6 Å². The van der Waals surface area contributed by atoms with Crippen LogP contribution < -0.4 is 5.32 Å². The molecule has 5 heteroatoms. The Bertz CT molecular complexity index is 159. The molecule has 64 valence electrons. The fourth-order valence-corrected chi connectivity index (χ4v) is 0.508. The van der Waals surface area contributed by atoms with Crippen LogP contribution in [-0.4, -0.2) is 32.3 Å². The number of hydrogen-bond donors (Lipinski definition) is 1. The van der Waals surface area contributed by atoms with Gasteiger partial charge in [0.2, 0.25) is 12.1 Å². The fraction of sp³-hybridized carbons (Fsp3) is 0.667. The number of amides is 1. The van der Waals surface area contributed by atoms with Crippen molar-refractivity contribution in [2.24, 2.45) is 0 Å². The summed E-state index contributed by atoms with van der Waals surface area (Å²) in [4.78, 5) is 20.9. The minimum absolute atomic E-state index is 0.375. The molecule has 0 saturated carbocycles. The van der Waals surface area contributed by atoms with E-state index in [0.717, 1.165) is 0 Å². The largest absolute Gasteiger partial charge is 0.465 e. The van der Waals surface area contributed by atoms with Crippen LogP contribution in [0.15, 0.2) is 0 Å². The van der Waals surface area contributed by atoms with E-state index >= 15 is 0 Å². The maximum absolute atomic E-state index is 10.9. The number of esters is 1. The van der Waals surface area contributed by atoms with Gasteiger partial charge in [-0.1, -0.05) is 0 Å². The first-order valence-electron chi connectivity index (χ1n) is 2.95. The zero-order chi connectivity index (χ0) is 8.91. The van der Waals surface area contributed by atoms with E-state index in [0.29, 0.717) is 6.41 Å². The van der Waals surface area contributed by atoms with Gasteiger partial charge in [0.25, 0.3) is 0 Å². The summed E-state index contributed by atoms with van der Waals surface area (Å²) >= 11 is 0. The molecule has 1 atom stereocenters. The predicted octanol–water partition coefficient (Wildman–Crippen LogP) is -0.732. The van der Waals surface area contributed by atoms with Crippen LogP contribution in [0.3, 0.4) is 0 Å². The van der Waals surface area contributed by atoms with Crippen LogP contribution in [0.2, 0.25) is 0 Å². The number of nitrogens with one attached hydrogen (secondary N) is 1. The van der Waals surface area contributed by atoms with Crippen molar-refractivity contribution in [3.63, 3.8) is 0 Å². The lowest BCUT2D eigenvalue weighted by Crippen LogP contribution is -2.51. The molecule has 1 N–H and O–H groups in total. The SMILES string of the molecule is COC(=O)[C@](C)(NC=O)OC. The van der Waals surface area contributed by atoms with E-state index < -0.39 is 11.7 Å². The fourth-order valence-electron chi connectivity index (χ4n) is 0.508. The van der Waals surface area contributed by atoms with Crippen molar-refractivity contribution in [2.75, 3.05) is 14.2 Å². The average molecular weight is 161 g/mol. The van der Waals surface area contributed by atoms with Gasteiger partial charge in [-0.2, -0.15) is 0 Å². The summed E-state index contributed by atoms with van der Waals surface area (Å²) in [5, 5.41) is 2.18. The van der Waals surface area contributed by atoms with Crippen LogP contribution in [0.4, 0.5) is 0 Å². The van der Waals surface area contributed by atoms with Gasteiger partial charge in [-0.25, -0.2) is 4.79 Å². The lowest BCUT2D eigenvalue weighted by molar-refractivity contribution is -0.169. The van der Waals surface area contributed by atoms with Crippen LogP contribution in [0.25, 0.3) is 0 Å². The number of hydrogen-bond acceptors (Lipinski definition) is 4. The average Bonchev–Trinajstić information content (AvgIpc) is 2.03. The molecule has 0 aromatic carbocycles. The topological polar surface area (TPSA) is 64.6 Å². The number of carbonyl (C=O) groups excluding carboxylic acids is 2. The Morgan fingerprint density at radius 1 is 1.55 bits per heavy atom. The van der Waals surface area contributed by atoms with E-state index in [1.807, 2.05) is 0 Å². The second-order valence-corrected chi connectivity index (χ2v) is 1.99. The summed E-state index contributed by atoms with van der Waals surface area (Å²) in [5.41, 5.74) is -1.38. The van der Waals surface area contributed by atoms with Crippen molar-refractivity contribution in [3.05, 3.63) is 0 Å². The smallest absolute Gasteiger partial charge is 0.359 e. The molecule has 0 aromatic heterocycles. The van der Waals surface area contributed by atoms with E-state index in [2.05, 4.69) is 10.1 Å². The van der Waals surface area contributed by atoms with Crippen LogP contribution in [-0.2, 0) is 19.1 Å². The van der Waals surface area contributed by atoms with Gasteiger partial charge < -0.3 is 14.8 Å². The van der Waals surface area contributed by atoms with Gasteiger partial charge in [-0.3, -0.25) is 4.79 Å². The Kier molecular flexibility index (Phi) is 3.53. The minimum atomic E-state index is -1.38. The molecule has 0 radical (unpaired) electrons. The zero-order valence-electron chi connectivity index (χ0n) is 6.71. The summed E-state index contributed by atoms with van der Waals surface area (Å²) in [6.45, 7) is 1.40. The molecule has 1 amide bonds. The van der Waals surface area contributed by atoms with Gasteiger partial charge in [0, 0.05) is 7.11 Å². The second kappa shape index (κ2) is 3.92. The first-order valence-corrected chi connectivity index (χ1v) is 2.95. The molecule has 0 aliphatic heterocycles. The second-order valence-electron chi connectivity index (χ2n) is 1.99.